The number of imidazole rings is 2. The summed E-state index contributed by atoms with van der Waals surface area (Å²) in [5.74, 6) is 0.592. The maximum atomic E-state index is 13.0. The monoisotopic (exact) mass is 413 g/mol. The summed E-state index contributed by atoms with van der Waals surface area (Å²) < 4.78 is 6.38. The van der Waals surface area contributed by atoms with Gasteiger partial charge in [-0.05, 0) is 44.0 Å². The first-order valence-corrected chi connectivity index (χ1v) is 10.1. The first kappa shape index (κ1) is 19.1. The number of aryl methyl sites for hydroxylation is 4. The summed E-state index contributed by atoms with van der Waals surface area (Å²) in [6.07, 6.45) is 1.93. The zero-order chi connectivity index (χ0) is 22.0. The van der Waals surface area contributed by atoms with Gasteiger partial charge in [-0.3, -0.25) is 22.9 Å². The fraction of sp³-hybridized carbons (Fsp3) is 0.208. The van der Waals surface area contributed by atoms with E-state index in [0.29, 0.717) is 16.9 Å². The molecule has 156 valence electrons. The van der Waals surface area contributed by atoms with Gasteiger partial charge in [0.1, 0.15) is 0 Å². The Morgan fingerprint density at radius 2 is 1.45 bits per heavy atom. The number of hydrogen-bond donors (Lipinski definition) is 0. The topological polar surface area (TPSA) is 66.2 Å². The zero-order valence-electron chi connectivity index (χ0n) is 18.2. The fourth-order valence-electron chi connectivity index (χ4n) is 4.23. The van der Waals surface area contributed by atoms with Gasteiger partial charge in [-0.25, -0.2) is 4.79 Å². The molecule has 7 heteroatoms. The van der Waals surface area contributed by atoms with Crippen molar-refractivity contribution in [2.24, 2.45) is 14.1 Å². The van der Waals surface area contributed by atoms with Gasteiger partial charge in [0.05, 0.1) is 5.69 Å². The number of fused-ring (bicyclic) bond motifs is 3. The minimum absolute atomic E-state index is 0.362. The van der Waals surface area contributed by atoms with Crippen LogP contribution in [0.2, 0.25) is 0 Å². The van der Waals surface area contributed by atoms with Gasteiger partial charge in [0.2, 0.25) is 5.78 Å². The van der Waals surface area contributed by atoms with Crippen molar-refractivity contribution in [3.63, 3.8) is 0 Å². The molecule has 3 heterocycles. The van der Waals surface area contributed by atoms with Crippen LogP contribution in [0.25, 0.3) is 33.9 Å². The highest BCUT2D eigenvalue weighted by molar-refractivity contribution is 5.79. The van der Waals surface area contributed by atoms with Crippen LogP contribution >= 0.6 is 0 Å². The van der Waals surface area contributed by atoms with E-state index in [1.165, 1.54) is 17.2 Å². The molecule has 0 radical (unpaired) electrons. The van der Waals surface area contributed by atoms with Crippen molar-refractivity contribution in [3.8, 4) is 16.9 Å². The van der Waals surface area contributed by atoms with E-state index in [-0.39, 0.29) is 5.56 Å². The molecule has 0 aliphatic heterocycles. The van der Waals surface area contributed by atoms with Crippen LogP contribution in [0, 0.1) is 20.8 Å². The second-order valence-corrected chi connectivity index (χ2v) is 8.22. The van der Waals surface area contributed by atoms with Gasteiger partial charge in [-0.2, -0.15) is 4.98 Å². The smallest absolute Gasteiger partial charge is 0.279 e. The highest BCUT2D eigenvalue weighted by Gasteiger charge is 2.21. The standard InChI is InChI=1S/C24H23N5O2/c1-14-6-8-17(9-7-14)19-13-28-20-21(26(4)24(31)27(5)22(20)30)25-23(28)29(19)18-11-15(2)10-16(3)12-18/h6-13H,1-5H3. The van der Waals surface area contributed by atoms with Gasteiger partial charge in [0.25, 0.3) is 5.56 Å². The average molecular weight is 413 g/mol. The van der Waals surface area contributed by atoms with E-state index in [4.69, 9.17) is 4.98 Å². The Morgan fingerprint density at radius 3 is 2.10 bits per heavy atom. The number of nitrogens with zero attached hydrogens (tertiary/aromatic N) is 5. The summed E-state index contributed by atoms with van der Waals surface area (Å²) in [5.41, 5.74) is 6.34. The number of benzene rings is 2. The molecule has 3 aromatic heterocycles. The molecule has 0 aliphatic carbocycles. The summed E-state index contributed by atoms with van der Waals surface area (Å²) in [6, 6.07) is 14.6. The molecule has 5 aromatic rings. The van der Waals surface area contributed by atoms with Crippen LogP contribution in [-0.2, 0) is 14.1 Å². The molecule has 2 aromatic carbocycles. The molecule has 0 spiro atoms. The van der Waals surface area contributed by atoms with E-state index in [0.717, 1.165) is 32.6 Å². The van der Waals surface area contributed by atoms with Crippen molar-refractivity contribution in [3.05, 3.63) is 86.2 Å². The second-order valence-electron chi connectivity index (χ2n) is 8.22. The van der Waals surface area contributed by atoms with Crippen molar-refractivity contribution in [2.45, 2.75) is 20.8 Å². The number of aromatic nitrogens is 5. The third-order valence-electron chi connectivity index (χ3n) is 5.78. The fourth-order valence-corrected chi connectivity index (χ4v) is 4.23. The summed E-state index contributed by atoms with van der Waals surface area (Å²) in [6.45, 7) is 6.17. The van der Waals surface area contributed by atoms with E-state index >= 15 is 0 Å². The first-order valence-electron chi connectivity index (χ1n) is 10.1. The van der Waals surface area contributed by atoms with Gasteiger partial charge in [-0.15, -0.1) is 0 Å². The van der Waals surface area contributed by atoms with Gasteiger partial charge in [-0.1, -0.05) is 35.9 Å². The van der Waals surface area contributed by atoms with Crippen molar-refractivity contribution in [2.75, 3.05) is 0 Å². The summed E-state index contributed by atoms with van der Waals surface area (Å²) in [7, 11) is 3.13. The lowest BCUT2D eigenvalue weighted by Gasteiger charge is -2.11. The maximum absolute atomic E-state index is 13.0. The van der Waals surface area contributed by atoms with Gasteiger partial charge < -0.3 is 0 Å². The van der Waals surface area contributed by atoms with Crippen molar-refractivity contribution < 1.29 is 0 Å². The minimum Gasteiger partial charge on any atom is -0.279 e. The molecule has 0 fully saturated rings. The number of rotatable bonds is 2. The van der Waals surface area contributed by atoms with Crippen LogP contribution in [0.5, 0.6) is 0 Å². The summed E-state index contributed by atoms with van der Waals surface area (Å²) in [4.78, 5) is 30.2. The Balaban J connectivity index is 1.98. The van der Waals surface area contributed by atoms with Crippen LogP contribution in [-0.4, -0.2) is 23.1 Å². The van der Waals surface area contributed by atoms with E-state index in [1.54, 1.807) is 11.4 Å². The molecule has 0 unspecified atom stereocenters. The molecule has 5 rings (SSSR count). The molecule has 0 bridgehead atoms. The lowest BCUT2D eigenvalue weighted by atomic mass is 10.1. The Hall–Kier alpha value is -3.87. The average Bonchev–Trinajstić information content (AvgIpc) is 3.26. The van der Waals surface area contributed by atoms with E-state index in [2.05, 4.69) is 67.8 Å². The quantitative estimate of drug-likeness (QED) is 0.446. The van der Waals surface area contributed by atoms with Crippen LogP contribution in [0.1, 0.15) is 16.7 Å². The third-order valence-corrected chi connectivity index (χ3v) is 5.78. The molecular formula is C24H23N5O2. The zero-order valence-corrected chi connectivity index (χ0v) is 18.2. The minimum atomic E-state index is -0.394. The van der Waals surface area contributed by atoms with Crippen LogP contribution in [0.3, 0.4) is 0 Å². The predicted octanol–water partition coefficient (Wildman–Crippen LogP) is 3.27. The highest BCUT2D eigenvalue weighted by Crippen LogP contribution is 2.29. The largest absolute Gasteiger partial charge is 0.332 e. The SMILES string of the molecule is Cc1ccc(-c2cn3c4c(=O)n(C)c(=O)n(C)c4nc3n2-c2cc(C)cc(C)c2)cc1. The third kappa shape index (κ3) is 2.77. The van der Waals surface area contributed by atoms with Crippen LogP contribution in [0.15, 0.2) is 58.3 Å². The van der Waals surface area contributed by atoms with Crippen molar-refractivity contribution in [1.29, 1.82) is 0 Å². The van der Waals surface area contributed by atoms with Crippen LogP contribution < -0.4 is 11.2 Å². The molecular weight excluding hydrogens is 390 g/mol. The van der Waals surface area contributed by atoms with Crippen molar-refractivity contribution in [1.82, 2.24) is 23.1 Å². The Kier molecular flexibility index (Phi) is 4.05. The molecule has 7 nitrogen and oxygen atoms in total. The van der Waals surface area contributed by atoms with E-state index in [9.17, 15) is 9.59 Å². The Bertz CT molecular complexity index is 1590. The molecule has 0 saturated heterocycles. The van der Waals surface area contributed by atoms with Gasteiger partial charge in [0, 0.05) is 31.5 Å². The molecule has 0 aliphatic rings. The molecule has 0 atom stereocenters. The Labute approximate surface area is 178 Å². The second kappa shape index (κ2) is 6.57. The van der Waals surface area contributed by atoms with Gasteiger partial charge in [0.15, 0.2) is 11.2 Å². The molecule has 31 heavy (non-hydrogen) atoms. The predicted molar refractivity (Wildman–Crippen MR) is 122 cm³/mol. The molecule has 0 saturated carbocycles. The summed E-state index contributed by atoms with van der Waals surface area (Å²) >= 11 is 0. The van der Waals surface area contributed by atoms with E-state index in [1.807, 2.05) is 6.20 Å². The summed E-state index contributed by atoms with van der Waals surface area (Å²) in [5, 5.41) is 0. The highest BCUT2D eigenvalue weighted by atomic mass is 16.2. The first-order chi connectivity index (χ1) is 14.8. The maximum Gasteiger partial charge on any atom is 0.332 e. The lowest BCUT2D eigenvalue weighted by molar-refractivity contribution is 0.708. The molecule has 0 N–H and O–H groups in total. The number of hydrogen-bond acceptors (Lipinski definition) is 3. The lowest BCUT2D eigenvalue weighted by Crippen LogP contribution is -2.37. The van der Waals surface area contributed by atoms with Gasteiger partial charge >= 0.3 is 5.69 Å². The van der Waals surface area contributed by atoms with Crippen molar-refractivity contribution >= 4 is 16.9 Å². The van der Waals surface area contributed by atoms with E-state index < -0.39 is 5.69 Å². The van der Waals surface area contributed by atoms with Crippen LogP contribution in [0.4, 0.5) is 0 Å². The Morgan fingerprint density at radius 1 is 0.806 bits per heavy atom. The molecule has 0 amide bonds. The normalized spacial score (nSPS) is 11.6.